The summed E-state index contributed by atoms with van der Waals surface area (Å²) >= 11 is 7.82. The van der Waals surface area contributed by atoms with Crippen LogP contribution in [0.1, 0.15) is 18.4 Å². The summed E-state index contributed by atoms with van der Waals surface area (Å²) in [7, 11) is 0. The summed E-state index contributed by atoms with van der Waals surface area (Å²) in [5.41, 5.74) is 0.995. The van der Waals surface area contributed by atoms with Crippen molar-refractivity contribution < 1.29 is 4.79 Å². The van der Waals surface area contributed by atoms with Gasteiger partial charge in [0, 0.05) is 17.8 Å². The van der Waals surface area contributed by atoms with Gasteiger partial charge >= 0.3 is 0 Å². The maximum atomic E-state index is 12.2. The molecule has 94 valence electrons. The molecular formula is C14H14ClNOS. The molecule has 2 aromatic rings. The summed E-state index contributed by atoms with van der Waals surface area (Å²) in [6, 6.07) is 8.09. The molecule has 1 aromatic carbocycles. The first-order valence-corrected chi connectivity index (χ1v) is 7.39. The fourth-order valence-corrected chi connectivity index (χ4v) is 3.83. The third kappa shape index (κ3) is 2.13. The van der Waals surface area contributed by atoms with E-state index in [1.165, 1.54) is 0 Å². The van der Waals surface area contributed by atoms with E-state index in [-0.39, 0.29) is 5.91 Å². The van der Waals surface area contributed by atoms with Crippen molar-refractivity contribution in [1.29, 1.82) is 0 Å². The van der Waals surface area contributed by atoms with Crippen LogP contribution in [-0.4, -0.2) is 23.9 Å². The molecule has 1 fully saturated rings. The molecule has 1 aliphatic rings. The molecule has 0 atom stereocenters. The third-order valence-electron chi connectivity index (χ3n) is 3.44. The molecule has 0 unspecified atom stereocenters. The van der Waals surface area contributed by atoms with Crippen LogP contribution in [0.4, 0.5) is 0 Å². The molecule has 0 saturated carbocycles. The van der Waals surface area contributed by atoms with Crippen molar-refractivity contribution in [2.24, 2.45) is 0 Å². The molecule has 4 heteroatoms. The Hall–Kier alpha value is -1.06. The van der Waals surface area contributed by atoms with E-state index in [4.69, 9.17) is 11.6 Å². The number of hydrogen-bond acceptors (Lipinski definition) is 2. The summed E-state index contributed by atoms with van der Waals surface area (Å²) < 4.78 is 1.91. The van der Waals surface area contributed by atoms with Gasteiger partial charge in [-0.15, -0.1) is 11.3 Å². The highest BCUT2D eigenvalue weighted by Crippen LogP contribution is 2.35. The van der Waals surface area contributed by atoms with Crippen molar-refractivity contribution in [3.8, 4) is 0 Å². The van der Waals surface area contributed by atoms with Gasteiger partial charge in [0.15, 0.2) is 0 Å². The summed E-state index contributed by atoms with van der Waals surface area (Å²) in [5.74, 6) is 0.206. The van der Waals surface area contributed by atoms with Crippen molar-refractivity contribution in [3.63, 3.8) is 0 Å². The first-order valence-electron chi connectivity index (χ1n) is 6.19. The average Bonchev–Trinajstić information content (AvgIpc) is 2.98. The number of amides is 1. The van der Waals surface area contributed by atoms with Crippen LogP contribution in [0, 0.1) is 0 Å². The topological polar surface area (TPSA) is 20.3 Å². The zero-order chi connectivity index (χ0) is 12.5. The number of rotatable bonds is 2. The summed E-state index contributed by atoms with van der Waals surface area (Å²) in [4.78, 5) is 14.1. The first-order chi connectivity index (χ1) is 8.75. The van der Waals surface area contributed by atoms with Gasteiger partial charge in [-0.1, -0.05) is 29.8 Å². The lowest BCUT2D eigenvalue weighted by Crippen LogP contribution is -2.29. The normalized spacial score (nSPS) is 15.5. The minimum Gasteiger partial charge on any atom is -0.342 e. The monoisotopic (exact) mass is 279 g/mol. The Kier molecular flexibility index (Phi) is 3.27. The standard InChI is InChI=1S/C14H14ClNOS/c15-14-11(9-13(17)16-7-3-4-8-16)10-5-1-2-6-12(10)18-14/h1-2,5-6H,3-4,7-9H2. The number of benzene rings is 1. The number of carbonyl (C=O) groups excluding carboxylic acids is 1. The van der Waals surface area contributed by atoms with E-state index in [1.54, 1.807) is 11.3 Å². The smallest absolute Gasteiger partial charge is 0.227 e. The van der Waals surface area contributed by atoms with Gasteiger partial charge in [-0.25, -0.2) is 0 Å². The maximum Gasteiger partial charge on any atom is 0.227 e. The van der Waals surface area contributed by atoms with E-state index in [0.717, 1.165) is 45.9 Å². The second-order valence-electron chi connectivity index (χ2n) is 4.62. The predicted octanol–water partition coefficient (Wildman–Crippen LogP) is 3.72. The van der Waals surface area contributed by atoms with E-state index >= 15 is 0 Å². The number of likely N-dealkylation sites (tertiary alicyclic amines) is 1. The SMILES string of the molecule is O=C(Cc1c(Cl)sc2ccccc12)N1CCCC1. The molecule has 0 spiro atoms. The van der Waals surface area contributed by atoms with E-state index in [2.05, 4.69) is 6.07 Å². The Bertz CT molecular complexity index is 586. The highest BCUT2D eigenvalue weighted by Gasteiger charge is 2.21. The molecule has 0 bridgehead atoms. The van der Waals surface area contributed by atoms with Gasteiger partial charge in [0.1, 0.15) is 0 Å². The molecule has 2 heterocycles. The van der Waals surface area contributed by atoms with E-state index in [0.29, 0.717) is 6.42 Å². The Morgan fingerprint density at radius 2 is 2.00 bits per heavy atom. The Morgan fingerprint density at radius 1 is 1.28 bits per heavy atom. The van der Waals surface area contributed by atoms with Gasteiger partial charge in [-0.2, -0.15) is 0 Å². The fourth-order valence-electron chi connectivity index (χ4n) is 2.46. The molecule has 18 heavy (non-hydrogen) atoms. The van der Waals surface area contributed by atoms with Crippen LogP contribution < -0.4 is 0 Å². The molecule has 1 aliphatic heterocycles. The van der Waals surface area contributed by atoms with Crippen molar-refractivity contribution in [2.45, 2.75) is 19.3 Å². The highest BCUT2D eigenvalue weighted by molar-refractivity contribution is 7.22. The van der Waals surface area contributed by atoms with Crippen LogP contribution in [0.3, 0.4) is 0 Å². The minimum atomic E-state index is 0.206. The number of carbonyl (C=O) groups is 1. The average molecular weight is 280 g/mol. The maximum absolute atomic E-state index is 12.2. The molecule has 3 rings (SSSR count). The Balaban J connectivity index is 1.89. The second kappa shape index (κ2) is 4.90. The van der Waals surface area contributed by atoms with Gasteiger partial charge in [0.05, 0.1) is 10.8 Å². The quantitative estimate of drug-likeness (QED) is 0.820. The third-order valence-corrected chi connectivity index (χ3v) is 4.90. The molecule has 1 saturated heterocycles. The lowest BCUT2D eigenvalue weighted by atomic mass is 10.1. The lowest BCUT2D eigenvalue weighted by Gasteiger charge is -2.14. The molecule has 0 radical (unpaired) electrons. The van der Waals surface area contributed by atoms with Crippen molar-refractivity contribution in [3.05, 3.63) is 34.2 Å². The lowest BCUT2D eigenvalue weighted by molar-refractivity contribution is -0.129. The van der Waals surface area contributed by atoms with Crippen molar-refractivity contribution in [1.82, 2.24) is 4.90 Å². The summed E-state index contributed by atoms with van der Waals surface area (Å²) in [6.45, 7) is 1.80. The van der Waals surface area contributed by atoms with E-state index < -0.39 is 0 Å². The zero-order valence-corrected chi connectivity index (χ0v) is 11.6. The minimum absolute atomic E-state index is 0.206. The van der Waals surface area contributed by atoms with Crippen LogP contribution >= 0.6 is 22.9 Å². The van der Waals surface area contributed by atoms with Crippen molar-refractivity contribution >= 4 is 38.9 Å². The number of fused-ring (bicyclic) bond motifs is 1. The summed E-state index contributed by atoms with van der Waals surface area (Å²) in [5, 5.41) is 1.13. The molecule has 1 aromatic heterocycles. The zero-order valence-electron chi connectivity index (χ0n) is 9.99. The predicted molar refractivity (Wildman–Crippen MR) is 76.4 cm³/mol. The number of hydrogen-bond donors (Lipinski definition) is 0. The van der Waals surface area contributed by atoms with Crippen LogP contribution in [0.25, 0.3) is 10.1 Å². The molecule has 2 nitrogen and oxygen atoms in total. The number of thiophene rings is 1. The molecule has 0 aliphatic carbocycles. The first kappa shape index (κ1) is 12.0. The van der Waals surface area contributed by atoms with E-state index in [9.17, 15) is 4.79 Å². The van der Waals surface area contributed by atoms with Gasteiger partial charge < -0.3 is 4.90 Å². The Labute approximate surface area is 115 Å². The molecule has 0 N–H and O–H groups in total. The Morgan fingerprint density at radius 3 is 2.78 bits per heavy atom. The fraction of sp³-hybridized carbons (Fsp3) is 0.357. The largest absolute Gasteiger partial charge is 0.342 e. The van der Waals surface area contributed by atoms with Gasteiger partial charge in [-0.3, -0.25) is 4.79 Å². The summed E-state index contributed by atoms with van der Waals surface area (Å²) in [6.07, 6.45) is 2.69. The van der Waals surface area contributed by atoms with Gasteiger partial charge in [0.2, 0.25) is 5.91 Å². The highest BCUT2D eigenvalue weighted by atomic mass is 35.5. The molecular weight excluding hydrogens is 266 g/mol. The second-order valence-corrected chi connectivity index (χ2v) is 6.27. The number of halogens is 1. The molecule has 1 amide bonds. The van der Waals surface area contributed by atoms with Crippen LogP contribution in [0.15, 0.2) is 24.3 Å². The van der Waals surface area contributed by atoms with Crippen LogP contribution in [0.2, 0.25) is 4.34 Å². The number of nitrogens with zero attached hydrogens (tertiary/aromatic N) is 1. The van der Waals surface area contributed by atoms with Crippen LogP contribution in [0.5, 0.6) is 0 Å². The van der Waals surface area contributed by atoms with Crippen LogP contribution in [-0.2, 0) is 11.2 Å². The van der Waals surface area contributed by atoms with E-state index in [1.807, 2.05) is 23.1 Å². The van der Waals surface area contributed by atoms with Gasteiger partial charge in [0.25, 0.3) is 0 Å². The van der Waals surface area contributed by atoms with Crippen molar-refractivity contribution in [2.75, 3.05) is 13.1 Å². The van der Waals surface area contributed by atoms with Gasteiger partial charge in [-0.05, 0) is 29.9 Å².